The van der Waals surface area contributed by atoms with Crippen molar-refractivity contribution in [2.45, 2.75) is 0 Å². The van der Waals surface area contributed by atoms with E-state index in [1.54, 1.807) is 24.4 Å². The zero-order valence-corrected chi connectivity index (χ0v) is 11.1. The van der Waals surface area contributed by atoms with Gasteiger partial charge in [0.25, 0.3) is 0 Å². The molecule has 1 aromatic carbocycles. The van der Waals surface area contributed by atoms with Crippen molar-refractivity contribution >= 4 is 50.6 Å². The molecule has 0 aliphatic carbocycles. The van der Waals surface area contributed by atoms with Crippen LogP contribution in [-0.4, -0.2) is 4.98 Å². The Morgan fingerprint density at radius 3 is 2.31 bits per heavy atom. The summed E-state index contributed by atoms with van der Waals surface area (Å²) in [7, 11) is 0. The monoisotopic (exact) mass is 316 g/mol. The summed E-state index contributed by atoms with van der Waals surface area (Å²) in [6.45, 7) is 0. The minimum atomic E-state index is 0.567. The molecule has 0 saturated heterocycles. The normalized spacial score (nSPS) is 10.2. The van der Waals surface area contributed by atoms with Crippen molar-refractivity contribution in [1.82, 2.24) is 4.98 Å². The van der Waals surface area contributed by atoms with E-state index in [1.807, 2.05) is 12.1 Å². The summed E-state index contributed by atoms with van der Waals surface area (Å²) in [5, 5.41) is 4.21. The van der Waals surface area contributed by atoms with Gasteiger partial charge in [-0.2, -0.15) is 0 Å². The van der Waals surface area contributed by atoms with E-state index in [0.717, 1.165) is 4.47 Å². The number of benzene rings is 1. The fourth-order valence-corrected chi connectivity index (χ4v) is 1.92. The number of pyridine rings is 1. The molecule has 0 aliphatic rings. The molecule has 0 fully saturated rings. The molecule has 2 nitrogen and oxygen atoms in total. The minimum Gasteiger partial charge on any atom is -0.338 e. The lowest BCUT2D eigenvalue weighted by atomic mass is 10.3. The Hall–Kier alpha value is -0.770. The molecule has 1 N–H and O–H groups in total. The fourth-order valence-electron chi connectivity index (χ4n) is 1.20. The first kappa shape index (κ1) is 11.7. The van der Waals surface area contributed by atoms with Gasteiger partial charge in [-0.15, -0.1) is 0 Å². The predicted octanol–water partition coefficient (Wildman–Crippen LogP) is 4.89. The van der Waals surface area contributed by atoms with Gasteiger partial charge in [0.15, 0.2) is 0 Å². The van der Waals surface area contributed by atoms with Crippen LogP contribution in [-0.2, 0) is 0 Å². The Bertz CT molecular complexity index is 480. The van der Waals surface area contributed by atoms with E-state index in [9.17, 15) is 0 Å². The average Bonchev–Trinajstić information content (AvgIpc) is 2.26. The number of rotatable bonds is 2. The highest BCUT2D eigenvalue weighted by atomic mass is 79.9. The molecule has 0 bridgehead atoms. The minimum absolute atomic E-state index is 0.567. The molecule has 0 amide bonds. The van der Waals surface area contributed by atoms with Crippen LogP contribution in [0.15, 0.2) is 41.0 Å². The maximum atomic E-state index is 6.03. The lowest BCUT2D eigenvalue weighted by Crippen LogP contribution is -1.94. The molecule has 1 heterocycles. The lowest BCUT2D eigenvalue weighted by molar-refractivity contribution is 1.29. The molecule has 5 heteroatoms. The molecule has 0 atom stereocenters. The third kappa shape index (κ3) is 2.67. The van der Waals surface area contributed by atoms with Crippen molar-refractivity contribution in [3.63, 3.8) is 0 Å². The second-order valence-corrected chi connectivity index (χ2v) is 4.81. The third-order valence-corrected chi connectivity index (χ3v) is 3.04. The van der Waals surface area contributed by atoms with E-state index in [1.165, 1.54) is 0 Å². The molecular weight excluding hydrogens is 311 g/mol. The summed E-state index contributed by atoms with van der Waals surface area (Å²) in [6, 6.07) is 9.07. The molecule has 0 unspecified atom stereocenters. The van der Waals surface area contributed by atoms with Crippen molar-refractivity contribution in [3.8, 4) is 0 Å². The molecule has 0 radical (unpaired) electrons. The van der Waals surface area contributed by atoms with Crippen LogP contribution < -0.4 is 5.32 Å². The number of hydrogen-bond donors (Lipinski definition) is 1. The predicted molar refractivity (Wildman–Crippen MR) is 71.7 cm³/mol. The summed E-state index contributed by atoms with van der Waals surface area (Å²) in [4.78, 5) is 4.18. The zero-order valence-electron chi connectivity index (χ0n) is 8.05. The van der Waals surface area contributed by atoms with Gasteiger partial charge in [0, 0.05) is 10.7 Å². The highest BCUT2D eigenvalue weighted by molar-refractivity contribution is 9.10. The maximum Gasteiger partial charge on any atom is 0.130 e. The molecule has 0 saturated carbocycles. The number of halogens is 3. The van der Waals surface area contributed by atoms with Gasteiger partial charge in [0.05, 0.1) is 15.7 Å². The van der Waals surface area contributed by atoms with Gasteiger partial charge < -0.3 is 5.32 Å². The van der Waals surface area contributed by atoms with Crippen LogP contribution in [0.2, 0.25) is 10.0 Å². The van der Waals surface area contributed by atoms with Crippen molar-refractivity contribution in [2.75, 3.05) is 5.32 Å². The third-order valence-electron chi connectivity index (χ3n) is 1.94. The van der Waals surface area contributed by atoms with Crippen LogP contribution in [0.5, 0.6) is 0 Å². The lowest BCUT2D eigenvalue weighted by Gasteiger charge is -2.09. The van der Waals surface area contributed by atoms with Crippen LogP contribution in [0.3, 0.4) is 0 Å². The summed E-state index contributed by atoms with van der Waals surface area (Å²) >= 11 is 15.4. The standard InChI is InChI=1S/C11H7BrCl2N2/c12-7-4-5-10(15-6-7)16-11-8(13)2-1-3-9(11)14/h1-6H,(H,15,16). The van der Waals surface area contributed by atoms with E-state index in [-0.39, 0.29) is 0 Å². The van der Waals surface area contributed by atoms with Crippen molar-refractivity contribution in [3.05, 3.63) is 51.0 Å². The van der Waals surface area contributed by atoms with Crippen LogP contribution in [0.25, 0.3) is 0 Å². The summed E-state index contributed by atoms with van der Waals surface area (Å²) < 4.78 is 0.920. The Morgan fingerprint density at radius 1 is 1.06 bits per heavy atom. The average molecular weight is 318 g/mol. The van der Waals surface area contributed by atoms with Crippen LogP contribution >= 0.6 is 39.1 Å². The first-order valence-electron chi connectivity index (χ1n) is 4.49. The number of hydrogen-bond acceptors (Lipinski definition) is 2. The summed E-state index contributed by atoms with van der Waals surface area (Å²) in [5.41, 5.74) is 0.667. The van der Waals surface area contributed by atoms with Crippen LogP contribution in [0, 0.1) is 0 Å². The molecule has 2 rings (SSSR count). The van der Waals surface area contributed by atoms with Gasteiger partial charge in [-0.05, 0) is 40.2 Å². The fraction of sp³-hybridized carbons (Fsp3) is 0. The summed E-state index contributed by atoms with van der Waals surface area (Å²) in [6.07, 6.45) is 1.70. The zero-order chi connectivity index (χ0) is 11.5. The number of anilines is 2. The largest absolute Gasteiger partial charge is 0.338 e. The Labute approximate surface area is 112 Å². The molecule has 16 heavy (non-hydrogen) atoms. The topological polar surface area (TPSA) is 24.9 Å². The molecule has 1 aromatic heterocycles. The number of aromatic nitrogens is 1. The van der Waals surface area contributed by atoms with Gasteiger partial charge in [0.1, 0.15) is 5.82 Å². The molecule has 82 valence electrons. The Balaban J connectivity index is 2.30. The van der Waals surface area contributed by atoms with Crippen molar-refractivity contribution in [1.29, 1.82) is 0 Å². The highest BCUT2D eigenvalue weighted by Gasteiger charge is 2.05. The molecule has 0 spiro atoms. The molecule has 2 aromatic rings. The van der Waals surface area contributed by atoms with Gasteiger partial charge >= 0.3 is 0 Å². The van der Waals surface area contributed by atoms with Gasteiger partial charge in [-0.1, -0.05) is 29.3 Å². The van der Waals surface area contributed by atoms with Crippen LogP contribution in [0.1, 0.15) is 0 Å². The van der Waals surface area contributed by atoms with E-state index < -0.39 is 0 Å². The second kappa shape index (κ2) is 5.04. The van der Waals surface area contributed by atoms with Gasteiger partial charge in [0.2, 0.25) is 0 Å². The van der Waals surface area contributed by atoms with E-state index >= 15 is 0 Å². The summed E-state index contributed by atoms with van der Waals surface area (Å²) in [5.74, 6) is 0.693. The first-order chi connectivity index (χ1) is 7.66. The SMILES string of the molecule is Clc1cccc(Cl)c1Nc1ccc(Br)cn1. The van der Waals surface area contributed by atoms with E-state index in [4.69, 9.17) is 23.2 Å². The van der Waals surface area contributed by atoms with Crippen molar-refractivity contribution < 1.29 is 0 Å². The Kier molecular flexibility index (Phi) is 3.69. The maximum absolute atomic E-state index is 6.03. The van der Waals surface area contributed by atoms with Gasteiger partial charge in [-0.25, -0.2) is 4.98 Å². The van der Waals surface area contributed by atoms with E-state index in [0.29, 0.717) is 21.6 Å². The number of nitrogens with zero attached hydrogens (tertiary/aromatic N) is 1. The number of para-hydroxylation sites is 1. The smallest absolute Gasteiger partial charge is 0.130 e. The molecule has 0 aliphatic heterocycles. The first-order valence-corrected chi connectivity index (χ1v) is 6.04. The van der Waals surface area contributed by atoms with E-state index in [2.05, 4.69) is 26.2 Å². The van der Waals surface area contributed by atoms with Crippen molar-refractivity contribution in [2.24, 2.45) is 0 Å². The second-order valence-electron chi connectivity index (χ2n) is 3.08. The highest BCUT2D eigenvalue weighted by Crippen LogP contribution is 2.31. The van der Waals surface area contributed by atoms with Gasteiger partial charge in [-0.3, -0.25) is 0 Å². The molecular formula is C11H7BrCl2N2. The van der Waals surface area contributed by atoms with Crippen LogP contribution in [0.4, 0.5) is 11.5 Å². The number of nitrogens with one attached hydrogen (secondary N) is 1. The Morgan fingerprint density at radius 2 is 1.75 bits per heavy atom. The quantitative estimate of drug-likeness (QED) is 0.852.